The second kappa shape index (κ2) is 7.90. The number of sulfonamides is 1. The van der Waals surface area contributed by atoms with Gasteiger partial charge in [0.1, 0.15) is 0 Å². The Balaban J connectivity index is 0.000000167. The normalized spacial score (nSPS) is 15.2. The SMILES string of the molecule is Brc1ccc2c(c1)CCN2.CC(C)S(=O)(=O)N1CCc2cc(Br)ccc21. The highest BCUT2D eigenvalue weighted by molar-refractivity contribution is 9.10. The molecule has 0 aromatic heterocycles. The van der Waals surface area contributed by atoms with E-state index in [1.54, 1.807) is 13.8 Å². The van der Waals surface area contributed by atoms with Gasteiger partial charge in [-0.05, 0) is 74.2 Å². The van der Waals surface area contributed by atoms with Crippen LogP contribution in [-0.4, -0.2) is 26.8 Å². The molecule has 2 aliphatic heterocycles. The molecule has 0 bridgehead atoms. The van der Waals surface area contributed by atoms with Crippen LogP contribution in [0, 0.1) is 0 Å². The zero-order valence-corrected chi connectivity index (χ0v) is 18.8. The average Bonchev–Trinajstić information content (AvgIpc) is 3.20. The summed E-state index contributed by atoms with van der Waals surface area (Å²) in [5.74, 6) is 0. The molecule has 7 heteroatoms. The van der Waals surface area contributed by atoms with Crippen LogP contribution in [0.1, 0.15) is 25.0 Å². The Morgan fingerprint density at radius 1 is 1.00 bits per heavy atom. The number of nitrogens with one attached hydrogen (secondary N) is 1. The van der Waals surface area contributed by atoms with Crippen LogP contribution in [0.4, 0.5) is 11.4 Å². The van der Waals surface area contributed by atoms with Crippen molar-refractivity contribution in [2.75, 3.05) is 22.7 Å². The lowest BCUT2D eigenvalue weighted by molar-refractivity contribution is 0.583. The molecule has 2 aromatic carbocycles. The monoisotopic (exact) mass is 500 g/mol. The topological polar surface area (TPSA) is 49.4 Å². The first kappa shape index (κ1) is 19.7. The number of hydrogen-bond donors (Lipinski definition) is 1. The first-order valence-corrected chi connectivity index (χ1v) is 11.7. The summed E-state index contributed by atoms with van der Waals surface area (Å²) in [6, 6.07) is 12.1. The second-order valence-electron chi connectivity index (χ2n) is 6.67. The highest BCUT2D eigenvalue weighted by atomic mass is 79.9. The van der Waals surface area contributed by atoms with Gasteiger partial charge in [-0.2, -0.15) is 0 Å². The second-order valence-corrected chi connectivity index (χ2v) is 10.9. The van der Waals surface area contributed by atoms with Crippen LogP contribution < -0.4 is 9.62 Å². The predicted molar refractivity (Wildman–Crippen MR) is 116 cm³/mol. The average molecular weight is 502 g/mol. The molecule has 0 atom stereocenters. The summed E-state index contributed by atoms with van der Waals surface area (Å²) in [5, 5.41) is 2.93. The van der Waals surface area contributed by atoms with E-state index in [1.165, 1.54) is 20.0 Å². The zero-order chi connectivity index (χ0) is 18.9. The quantitative estimate of drug-likeness (QED) is 0.632. The third-order valence-corrected chi connectivity index (χ3v) is 7.75. The van der Waals surface area contributed by atoms with Gasteiger partial charge in [0.25, 0.3) is 0 Å². The number of rotatable bonds is 2. The van der Waals surface area contributed by atoms with Crippen LogP contribution in [0.25, 0.3) is 0 Å². The van der Waals surface area contributed by atoms with Crippen LogP contribution in [0.2, 0.25) is 0 Å². The number of halogens is 2. The molecule has 0 saturated carbocycles. The Morgan fingerprint density at radius 3 is 2.35 bits per heavy atom. The first-order chi connectivity index (χ1) is 12.3. The number of anilines is 2. The molecule has 26 heavy (non-hydrogen) atoms. The first-order valence-electron chi connectivity index (χ1n) is 8.61. The number of fused-ring (bicyclic) bond motifs is 2. The van der Waals surface area contributed by atoms with Gasteiger partial charge in [0.15, 0.2) is 0 Å². The van der Waals surface area contributed by atoms with E-state index >= 15 is 0 Å². The molecule has 0 amide bonds. The van der Waals surface area contributed by atoms with Crippen molar-refractivity contribution in [1.29, 1.82) is 0 Å². The Kier molecular flexibility index (Phi) is 5.99. The van der Waals surface area contributed by atoms with E-state index in [-0.39, 0.29) is 5.25 Å². The Bertz CT molecular complexity index is 914. The van der Waals surface area contributed by atoms with E-state index in [1.807, 2.05) is 18.2 Å². The molecule has 140 valence electrons. The predicted octanol–water partition coefficient (Wildman–Crippen LogP) is 4.97. The van der Waals surface area contributed by atoms with Crippen LogP contribution in [0.3, 0.4) is 0 Å². The summed E-state index contributed by atoms with van der Waals surface area (Å²) in [4.78, 5) is 0. The van der Waals surface area contributed by atoms with Crippen molar-refractivity contribution in [3.8, 4) is 0 Å². The van der Waals surface area contributed by atoms with Gasteiger partial charge in [0.2, 0.25) is 10.0 Å². The molecule has 2 aliphatic rings. The summed E-state index contributed by atoms with van der Waals surface area (Å²) < 4.78 is 27.9. The van der Waals surface area contributed by atoms with Gasteiger partial charge in [0, 0.05) is 27.7 Å². The summed E-state index contributed by atoms with van der Waals surface area (Å²) in [6.07, 6.45) is 1.95. The highest BCUT2D eigenvalue weighted by Crippen LogP contribution is 2.33. The maximum absolute atomic E-state index is 12.1. The number of benzene rings is 2. The van der Waals surface area contributed by atoms with Crippen molar-refractivity contribution in [2.45, 2.75) is 31.9 Å². The fourth-order valence-corrected chi connectivity index (χ4v) is 5.26. The van der Waals surface area contributed by atoms with Crippen LogP contribution in [0.5, 0.6) is 0 Å². The van der Waals surface area contributed by atoms with Crippen LogP contribution >= 0.6 is 31.9 Å². The highest BCUT2D eigenvalue weighted by Gasteiger charge is 2.31. The molecule has 2 aromatic rings. The van der Waals surface area contributed by atoms with E-state index < -0.39 is 10.0 Å². The van der Waals surface area contributed by atoms with Crippen molar-refractivity contribution in [2.24, 2.45) is 0 Å². The molecule has 0 fully saturated rings. The van der Waals surface area contributed by atoms with Gasteiger partial charge in [-0.15, -0.1) is 0 Å². The van der Waals surface area contributed by atoms with Gasteiger partial charge in [-0.1, -0.05) is 31.9 Å². The molecule has 2 heterocycles. The maximum atomic E-state index is 12.1. The van der Waals surface area contributed by atoms with E-state index in [2.05, 4.69) is 55.4 Å². The lowest BCUT2D eigenvalue weighted by Gasteiger charge is -2.21. The fraction of sp³-hybridized carbons (Fsp3) is 0.368. The summed E-state index contributed by atoms with van der Waals surface area (Å²) >= 11 is 6.83. The molecule has 0 aliphatic carbocycles. The standard InChI is InChI=1S/C11H14BrNO2S.C8H8BrN/c1-8(2)16(14,15)13-6-5-9-7-10(12)3-4-11(9)13;9-7-1-2-8-6(5-7)3-4-10-8/h3-4,7-8H,5-6H2,1-2H3;1-2,5,10H,3-4H2. The third kappa shape index (κ3) is 4.10. The molecule has 4 nitrogen and oxygen atoms in total. The van der Waals surface area contributed by atoms with Crippen LogP contribution in [0.15, 0.2) is 45.3 Å². The lowest BCUT2D eigenvalue weighted by Crippen LogP contribution is -2.34. The van der Waals surface area contributed by atoms with Crippen molar-refractivity contribution in [1.82, 2.24) is 0 Å². The minimum absolute atomic E-state index is 0.373. The van der Waals surface area contributed by atoms with E-state index in [0.29, 0.717) is 6.54 Å². The van der Waals surface area contributed by atoms with Crippen molar-refractivity contribution in [3.05, 3.63) is 56.5 Å². The third-order valence-electron chi connectivity index (χ3n) is 4.57. The number of nitrogens with zero attached hydrogens (tertiary/aromatic N) is 1. The lowest BCUT2D eigenvalue weighted by atomic mass is 10.2. The number of hydrogen-bond acceptors (Lipinski definition) is 3. The van der Waals surface area contributed by atoms with Gasteiger partial charge < -0.3 is 5.32 Å². The van der Waals surface area contributed by atoms with E-state index in [9.17, 15) is 8.42 Å². The largest absolute Gasteiger partial charge is 0.384 e. The van der Waals surface area contributed by atoms with Crippen LogP contribution in [-0.2, 0) is 22.9 Å². The van der Waals surface area contributed by atoms with Gasteiger partial charge in [0.05, 0.1) is 10.9 Å². The smallest absolute Gasteiger partial charge is 0.237 e. The van der Waals surface area contributed by atoms with Gasteiger partial charge in [-0.25, -0.2) is 8.42 Å². The van der Waals surface area contributed by atoms with Crippen molar-refractivity contribution >= 4 is 53.3 Å². The molecule has 0 spiro atoms. The zero-order valence-electron chi connectivity index (χ0n) is 14.8. The summed E-state index contributed by atoms with van der Waals surface area (Å²) in [5.41, 5.74) is 4.65. The summed E-state index contributed by atoms with van der Waals surface area (Å²) in [7, 11) is -3.18. The molecular formula is C19H22Br2N2O2S. The molecule has 4 rings (SSSR count). The Labute approximate surface area is 172 Å². The minimum atomic E-state index is -3.18. The Morgan fingerprint density at radius 2 is 1.65 bits per heavy atom. The van der Waals surface area contributed by atoms with E-state index in [0.717, 1.165) is 35.1 Å². The summed E-state index contributed by atoms with van der Waals surface area (Å²) in [6.45, 7) is 5.08. The van der Waals surface area contributed by atoms with Crippen molar-refractivity contribution in [3.63, 3.8) is 0 Å². The molecular weight excluding hydrogens is 480 g/mol. The van der Waals surface area contributed by atoms with Crippen molar-refractivity contribution < 1.29 is 8.42 Å². The van der Waals surface area contributed by atoms with Gasteiger partial charge >= 0.3 is 0 Å². The Hall–Kier alpha value is -1.05. The van der Waals surface area contributed by atoms with Gasteiger partial charge in [-0.3, -0.25) is 4.31 Å². The minimum Gasteiger partial charge on any atom is -0.384 e. The molecule has 0 radical (unpaired) electrons. The molecule has 0 unspecified atom stereocenters. The molecule has 0 saturated heterocycles. The molecule has 1 N–H and O–H groups in total. The van der Waals surface area contributed by atoms with E-state index in [4.69, 9.17) is 0 Å². The maximum Gasteiger partial charge on any atom is 0.237 e. The fourth-order valence-electron chi connectivity index (χ4n) is 3.13.